The molecule has 1 N–H and O–H groups in total. The second kappa shape index (κ2) is 14.8. The number of benzene rings is 2. The summed E-state index contributed by atoms with van der Waals surface area (Å²) in [5, 5.41) is 10.1. The second-order valence-corrected chi connectivity index (χ2v) is 12.8. The molecule has 0 amide bonds. The van der Waals surface area contributed by atoms with Gasteiger partial charge in [-0.3, -0.25) is 9.09 Å². The summed E-state index contributed by atoms with van der Waals surface area (Å²) >= 11 is 16.9. The SMILES string of the molecule is COc1cccc(CCc2ccccc2OC[C@@H](CN(C)C)OCOP(=O)(OC)C(O)C(Cl)(Cl)Cl)c1. The monoisotopic (exact) mass is 583 g/mol. The number of ether oxygens (including phenoxy) is 3. The van der Waals surface area contributed by atoms with Crippen LogP contribution in [0.1, 0.15) is 11.1 Å². The van der Waals surface area contributed by atoms with Gasteiger partial charge >= 0.3 is 7.60 Å². The Morgan fingerprint density at radius 1 is 1.06 bits per heavy atom. The number of aliphatic hydroxyl groups is 1. The fourth-order valence-electron chi connectivity index (χ4n) is 3.30. The van der Waals surface area contributed by atoms with Crippen molar-refractivity contribution in [3.63, 3.8) is 0 Å². The molecule has 0 aliphatic heterocycles. The van der Waals surface area contributed by atoms with Crippen LogP contribution in [0.5, 0.6) is 11.5 Å². The van der Waals surface area contributed by atoms with Gasteiger partial charge in [0.15, 0.2) is 6.79 Å². The summed E-state index contributed by atoms with van der Waals surface area (Å²) in [6.45, 7) is 0.212. The molecule has 3 atom stereocenters. The highest BCUT2D eigenvalue weighted by molar-refractivity contribution is 7.55. The third-order valence-electron chi connectivity index (χ3n) is 5.17. The molecule has 36 heavy (non-hydrogen) atoms. The maximum Gasteiger partial charge on any atom is 0.365 e. The molecule has 2 aromatic rings. The van der Waals surface area contributed by atoms with Crippen molar-refractivity contribution in [1.82, 2.24) is 4.90 Å². The number of nitrogens with zero attached hydrogens (tertiary/aromatic N) is 1. The van der Waals surface area contributed by atoms with Crippen LogP contribution < -0.4 is 9.47 Å². The zero-order chi connectivity index (χ0) is 26.8. The maximum atomic E-state index is 12.7. The van der Waals surface area contributed by atoms with Gasteiger partial charge in [-0.2, -0.15) is 0 Å². The number of hydrogen-bond acceptors (Lipinski definition) is 8. The maximum absolute atomic E-state index is 12.7. The molecule has 0 aliphatic carbocycles. The van der Waals surface area contributed by atoms with Crippen LogP contribution in [0, 0.1) is 0 Å². The number of aryl methyl sites for hydroxylation is 2. The lowest BCUT2D eigenvalue weighted by molar-refractivity contribution is -0.0672. The lowest BCUT2D eigenvalue weighted by atomic mass is 10.0. The van der Waals surface area contributed by atoms with Gasteiger partial charge in [0.25, 0.3) is 0 Å². The highest BCUT2D eigenvalue weighted by atomic mass is 35.6. The van der Waals surface area contributed by atoms with Crippen molar-refractivity contribution in [2.45, 2.75) is 28.6 Å². The zero-order valence-corrected chi connectivity index (χ0v) is 23.9. The van der Waals surface area contributed by atoms with Crippen LogP contribution in [0.15, 0.2) is 48.5 Å². The quantitative estimate of drug-likeness (QED) is 0.171. The Labute approximate surface area is 227 Å². The minimum atomic E-state index is -4.16. The molecule has 0 spiro atoms. The number of aliphatic hydroxyl groups excluding tert-OH is 1. The van der Waals surface area contributed by atoms with Crippen LogP contribution in [-0.4, -0.2) is 74.0 Å². The number of likely N-dealkylation sites (N-methyl/N-ethyl adjacent to an activating group) is 1. The van der Waals surface area contributed by atoms with Crippen LogP contribution in [0.25, 0.3) is 0 Å². The van der Waals surface area contributed by atoms with Crippen molar-refractivity contribution in [1.29, 1.82) is 0 Å². The van der Waals surface area contributed by atoms with Crippen molar-refractivity contribution < 1.29 is 32.9 Å². The highest BCUT2D eigenvalue weighted by Gasteiger charge is 2.47. The molecule has 12 heteroatoms. The van der Waals surface area contributed by atoms with Gasteiger partial charge < -0.3 is 28.7 Å². The Morgan fingerprint density at radius 3 is 2.42 bits per heavy atom. The van der Waals surface area contributed by atoms with Crippen LogP contribution in [0.4, 0.5) is 0 Å². The predicted octanol–water partition coefficient (Wildman–Crippen LogP) is 5.31. The van der Waals surface area contributed by atoms with E-state index in [4.69, 9.17) is 58.1 Å². The molecular formula is C24H33Cl3NO7P. The first-order chi connectivity index (χ1) is 17.0. The van der Waals surface area contributed by atoms with Gasteiger partial charge in [0.2, 0.25) is 9.64 Å². The average molecular weight is 585 g/mol. The van der Waals surface area contributed by atoms with Crippen molar-refractivity contribution in [3.8, 4) is 11.5 Å². The molecule has 0 saturated carbocycles. The normalized spacial score (nSPS) is 15.4. The Kier molecular flexibility index (Phi) is 12.8. The molecular weight excluding hydrogens is 552 g/mol. The summed E-state index contributed by atoms with van der Waals surface area (Å²) in [6, 6.07) is 15.8. The van der Waals surface area contributed by atoms with E-state index in [0.717, 1.165) is 42.6 Å². The Balaban J connectivity index is 1.99. The molecule has 0 saturated heterocycles. The first-order valence-electron chi connectivity index (χ1n) is 11.1. The summed E-state index contributed by atoms with van der Waals surface area (Å²) in [5.74, 6) is -0.422. The largest absolute Gasteiger partial charge is 0.497 e. The van der Waals surface area contributed by atoms with Gasteiger partial charge in [-0.15, -0.1) is 0 Å². The minimum Gasteiger partial charge on any atom is -0.497 e. The molecule has 2 unspecified atom stereocenters. The van der Waals surface area contributed by atoms with Crippen molar-refractivity contribution in [3.05, 3.63) is 59.7 Å². The van der Waals surface area contributed by atoms with Crippen LogP contribution in [-0.2, 0) is 31.2 Å². The van der Waals surface area contributed by atoms with Gasteiger partial charge in [-0.1, -0.05) is 65.1 Å². The number of methoxy groups -OCH3 is 1. The molecule has 0 fully saturated rings. The van der Waals surface area contributed by atoms with Gasteiger partial charge in [0.05, 0.1) is 7.11 Å². The number of rotatable bonds is 15. The van der Waals surface area contributed by atoms with E-state index in [1.165, 1.54) is 0 Å². The van der Waals surface area contributed by atoms with Gasteiger partial charge in [-0.05, 0) is 56.3 Å². The second-order valence-electron chi connectivity index (χ2n) is 8.21. The molecule has 2 rings (SSSR count). The lowest BCUT2D eigenvalue weighted by Crippen LogP contribution is -2.34. The minimum absolute atomic E-state index is 0.196. The Bertz CT molecular complexity index is 990. The van der Waals surface area contributed by atoms with Crippen LogP contribution in [0.2, 0.25) is 0 Å². The van der Waals surface area contributed by atoms with Crippen molar-refractivity contribution in [2.75, 3.05) is 48.3 Å². The summed E-state index contributed by atoms with van der Waals surface area (Å²) in [6.07, 6.45) is 1.14. The number of halogens is 3. The average Bonchev–Trinajstić information content (AvgIpc) is 2.85. The van der Waals surface area contributed by atoms with Gasteiger partial charge in [-0.25, -0.2) is 0 Å². The van der Waals surface area contributed by atoms with Gasteiger partial charge in [0, 0.05) is 13.7 Å². The van der Waals surface area contributed by atoms with E-state index in [-0.39, 0.29) is 6.61 Å². The zero-order valence-electron chi connectivity index (χ0n) is 20.7. The van der Waals surface area contributed by atoms with E-state index in [1.807, 2.05) is 61.5 Å². The number of para-hydroxylation sites is 1. The summed E-state index contributed by atoms with van der Waals surface area (Å²) in [7, 11) is 2.34. The van der Waals surface area contributed by atoms with Crippen molar-refractivity contribution >= 4 is 42.4 Å². The fourth-order valence-corrected chi connectivity index (χ4v) is 5.39. The highest BCUT2D eigenvalue weighted by Crippen LogP contribution is 2.58. The van der Waals surface area contributed by atoms with E-state index in [0.29, 0.717) is 6.54 Å². The topological polar surface area (TPSA) is 86.7 Å². The van der Waals surface area contributed by atoms with E-state index in [2.05, 4.69) is 6.07 Å². The predicted molar refractivity (Wildman–Crippen MR) is 143 cm³/mol. The molecule has 0 aliphatic rings. The first-order valence-corrected chi connectivity index (χ1v) is 13.9. The van der Waals surface area contributed by atoms with E-state index in [9.17, 15) is 9.67 Å². The molecule has 8 nitrogen and oxygen atoms in total. The summed E-state index contributed by atoms with van der Waals surface area (Å²) in [5.41, 5.74) is 2.21. The number of hydrogen-bond donors (Lipinski definition) is 1. The van der Waals surface area contributed by atoms with Gasteiger partial charge in [0.1, 0.15) is 24.2 Å². The van der Waals surface area contributed by atoms with E-state index >= 15 is 0 Å². The molecule has 0 radical (unpaired) electrons. The molecule has 0 bridgehead atoms. The van der Waals surface area contributed by atoms with Crippen molar-refractivity contribution in [2.24, 2.45) is 0 Å². The van der Waals surface area contributed by atoms with E-state index < -0.39 is 30.1 Å². The number of alkyl halides is 3. The standard InChI is InChI=1S/C24H33Cl3NO7P/c1-28(2)15-21(34-17-35-36(30,32-4)23(29)24(25,26)27)16-33-22-11-6-5-9-19(22)13-12-18-8-7-10-20(14-18)31-3/h5-11,14,21,23,29H,12-13,15-17H2,1-4H3/t21-,23?,36?/m1/s1. The summed E-state index contributed by atoms with van der Waals surface area (Å²) < 4.78 is 37.6. The first kappa shape index (κ1) is 31.2. The van der Waals surface area contributed by atoms with Crippen LogP contribution in [0.3, 0.4) is 0 Å². The molecule has 0 heterocycles. The lowest BCUT2D eigenvalue weighted by Gasteiger charge is -2.27. The Morgan fingerprint density at radius 2 is 1.78 bits per heavy atom. The molecule has 0 aromatic heterocycles. The third kappa shape index (κ3) is 10.0. The Hall–Kier alpha value is -1.06. The fraction of sp³-hybridized carbons (Fsp3) is 0.500. The molecule has 2 aromatic carbocycles. The van der Waals surface area contributed by atoms with E-state index in [1.54, 1.807) is 7.11 Å². The summed E-state index contributed by atoms with van der Waals surface area (Å²) in [4.78, 5) is 1.91. The third-order valence-corrected chi connectivity index (χ3v) is 8.20. The smallest absolute Gasteiger partial charge is 0.365 e. The van der Waals surface area contributed by atoms with Crippen LogP contribution >= 0.6 is 42.4 Å². The molecule has 202 valence electrons.